The Labute approximate surface area is 153 Å². The van der Waals surface area contributed by atoms with Crippen LogP contribution in [0.2, 0.25) is 5.02 Å². The van der Waals surface area contributed by atoms with Crippen LogP contribution in [0, 0.1) is 0 Å². The van der Waals surface area contributed by atoms with Gasteiger partial charge in [0, 0.05) is 23.2 Å². The third-order valence-electron chi connectivity index (χ3n) is 3.42. The van der Waals surface area contributed by atoms with Gasteiger partial charge >= 0.3 is 0 Å². The SMILES string of the molecule is CC(C)NS(=O)(=O)Cc1ccccc1CNC(=O)c1ccc(Cl)cc1. The van der Waals surface area contributed by atoms with E-state index in [1.807, 2.05) is 12.1 Å². The second-order valence-electron chi connectivity index (χ2n) is 5.99. The van der Waals surface area contributed by atoms with Crippen molar-refractivity contribution in [2.24, 2.45) is 0 Å². The second-order valence-corrected chi connectivity index (χ2v) is 8.18. The van der Waals surface area contributed by atoms with Crippen LogP contribution in [0.1, 0.15) is 35.3 Å². The minimum atomic E-state index is -3.43. The van der Waals surface area contributed by atoms with Gasteiger partial charge in [-0.15, -0.1) is 0 Å². The van der Waals surface area contributed by atoms with Crippen LogP contribution in [0.5, 0.6) is 0 Å². The highest BCUT2D eigenvalue weighted by Crippen LogP contribution is 2.13. The molecule has 0 unspecified atom stereocenters. The number of hydrogen-bond donors (Lipinski definition) is 2. The molecular weight excluding hydrogens is 360 g/mol. The Morgan fingerprint density at radius 2 is 1.64 bits per heavy atom. The largest absolute Gasteiger partial charge is 0.348 e. The molecule has 25 heavy (non-hydrogen) atoms. The van der Waals surface area contributed by atoms with E-state index in [-0.39, 0.29) is 24.2 Å². The van der Waals surface area contributed by atoms with E-state index in [1.165, 1.54) is 0 Å². The van der Waals surface area contributed by atoms with Gasteiger partial charge in [0.15, 0.2) is 0 Å². The van der Waals surface area contributed by atoms with Crippen LogP contribution >= 0.6 is 11.6 Å². The van der Waals surface area contributed by atoms with Gasteiger partial charge in [-0.05, 0) is 49.2 Å². The molecule has 0 aromatic heterocycles. The van der Waals surface area contributed by atoms with E-state index in [0.717, 1.165) is 5.56 Å². The van der Waals surface area contributed by atoms with Crippen molar-refractivity contribution in [3.8, 4) is 0 Å². The normalized spacial score (nSPS) is 11.5. The first-order valence-corrected chi connectivity index (χ1v) is 9.90. The molecule has 2 aromatic rings. The van der Waals surface area contributed by atoms with E-state index >= 15 is 0 Å². The van der Waals surface area contributed by atoms with E-state index in [4.69, 9.17) is 11.6 Å². The Morgan fingerprint density at radius 3 is 2.24 bits per heavy atom. The smallest absolute Gasteiger partial charge is 0.251 e. The predicted molar refractivity (Wildman–Crippen MR) is 100.0 cm³/mol. The van der Waals surface area contributed by atoms with Gasteiger partial charge in [-0.2, -0.15) is 0 Å². The molecule has 0 saturated carbocycles. The van der Waals surface area contributed by atoms with E-state index < -0.39 is 10.0 Å². The van der Waals surface area contributed by atoms with E-state index in [0.29, 0.717) is 16.1 Å². The zero-order chi connectivity index (χ0) is 18.4. The summed E-state index contributed by atoms with van der Waals surface area (Å²) >= 11 is 5.81. The lowest BCUT2D eigenvalue weighted by atomic mass is 10.1. The first-order valence-electron chi connectivity index (χ1n) is 7.87. The number of sulfonamides is 1. The topological polar surface area (TPSA) is 75.3 Å². The first-order chi connectivity index (χ1) is 11.8. The lowest BCUT2D eigenvalue weighted by molar-refractivity contribution is 0.0951. The second kappa shape index (κ2) is 8.47. The number of nitrogens with one attached hydrogen (secondary N) is 2. The summed E-state index contributed by atoms with van der Waals surface area (Å²) in [4.78, 5) is 12.2. The highest BCUT2D eigenvalue weighted by atomic mass is 35.5. The summed E-state index contributed by atoms with van der Waals surface area (Å²) in [6.45, 7) is 3.79. The monoisotopic (exact) mass is 380 g/mol. The molecule has 0 atom stereocenters. The molecule has 134 valence electrons. The molecule has 0 fully saturated rings. The van der Waals surface area contributed by atoms with Gasteiger partial charge in [0.2, 0.25) is 10.0 Å². The molecule has 1 amide bonds. The zero-order valence-electron chi connectivity index (χ0n) is 14.1. The summed E-state index contributed by atoms with van der Waals surface area (Å²) in [7, 11) is -3.43. The van der Waals surface area contributed by atoms with Crippen LogP contribution in [-0.4, -0.2) is 20.4 Å². The summed E-state index contributed by atoms with van der Waals surface area (Å²) in [6, 6.07) is 13.6. The van der Waals surface area contributed by atoms with Crippen molar-refractivity contribution in [3.63, 3.8) is 0 Å². The molecule has 0 radical (unpaired) electrons. The number of amides is 1. The van der Waals surface area contributed by atoms with Crippen LogP contribution in [0.4, 0.5) is 0 Å². The molecule has 0 aliphatic heterocycles. The maximum atomic E-state index is 12.2. The Morgan fingerprint density at radius 1 is 1.04 bits per heavy atom. The van der Waals surface area contributed by atoms with E-state index in [2.05, 4.69) is 10.0 Å². The van der Waals surface area contributed by atoms with Crippen molar-refractivity contribution in [1.29, 1.82) is 0 Å². The molecule has 0 spiro atoms. The summed E-state index contributed by atoms with van der Waals surface area (Å²) in [5.41, 5.74) is 1.92. The quantitative estimate of drug-likeness (QED) is 0.775. The molecule has 2 N–H and O–H groups in total. The van der Waals surface area contributed by atoms with Gasteiger partial charge < -0.3 is 5.32 Å². The zero-order valence-corrected chi connectivity index (χ0v) is 15.7. The summed E-state index contributed by atoms with van der Waals surface area (Å²) < 4.78 is 26.8. The van der Waals surface area contributed by atoms with Crippen LogP contribution in [0.3, 0.4) is 0 Å². The molecule has 0 aliphatic carbocycles. The van der Waals surface area contributed by atoms with Crippen molar-refractivity contribution < 1.29 is 13.2 Å². The number of carbonyl (C=O) groups is 1. The lowest BCUT2D eigenvalue weighted by Gasteiger charge is -2.13. The Bertz CT molecular complexity index is 834. The van der Waals surface area contributed by atoms with Crippen LogP contribution in [0.25, 0.3) is 0 Å². The average molecular weight is 381 g/mol. The van der Waals surface area contributed by atoms with Crippen LogP contribution in [-0.2, 0) is 22.3 Å². The maximum Gasteiger partial charge on any atom is 0.251 e. The fourth-order valence-electron chi connectivity index (χ4n) is 2.36. The molecule has 0 aliphatic rings. The fraction of sp³-hybridized carbons (Fsp3) is 0.278. The third kappa shape index (κ3) is 6.16. The molecular formula is C18H21ClN2O3S. The van der Waals surface area contributed by atoms with Crippen LogP contribution in [0.15, 0.2) is 48.5 Å². The highest BCUT2D eigenvalue weighted by Gasteiger charge is 2.15. The number of benzene rings is 2. The van der Waals surface area contributed by atoms with Crippen LogP contribution < -0.4 is 10.0 Å². The number of rotatable bonds is 7. The Kier molecular flexibility index (Phi) is 6.58. The van der Waals surface area contributed by atoms with Gasteiger partial charge in [0.05, 0.1) is 5.75 Å². The predicted octanol–water partition coefficient (Wildman–Crippen LogP) is 3.10. The van der Waals surface area contributed by atoms with Gasteiger partial charge in [-0.1, -0.05) is 35.9 Å². The average Bonchev–Trinajstić information content (AvgIpc) is 2.52. The van der Waals surface area contributed by atoms with Gasteiger partial charge in [0.25, 0.3) is 5.91 Å². The number of halogens is 1. The highest BCUT2D eigenvalue weighted by molar-refractivity contribution is 7.88. The minimum absolute atomic E-state index is 0.127. The van der Waals surface area contributed by atoms with E-state index in [1.54, 1.807) is 50.2 Å². The Hall–Kier alpha value is -1.89. The van der Waals surface area contributed by atoms with Crippen molar-refractivity contribution in [2.45, 2.75) is 32.2 Å². The standard InChI is InChI=1S/C18H21ClN2O3S/c1-13(2)21-25(23,24)12-16-6-4-3-5-15(16)11-20-18(22)14-7-9-17(19)10-8-14/h3-10,13,21H,11-12H2,1-2H3,(H,20,22). The molecule has 2 aromatic carbocycles. The molecule has 7 heteroatoms. The molecule has 2 rings (SSSR count). The molecule has 0 bridgehead atoms. The fourth-order valence-corrected chi connectivity index (χ4v) is 3.97. The van der Waals surface area contributed by atoms with Gasteiger partial charge in [0.1, 0.15) is 0 Å². The minimum Gasteiger partial charge on any atom is -0.348 e. The summed E-state index contributed by atoms with van der Waals surface area (Å²) in [6.07, 6.45) is 0. The lowest BCUT2D eigenvalue weighted by Crippen LogP contribution is -2.31. The number of hydrogen-bond acceptors (Lipinski definition) is 3. The van der Waals surface area contributed by atoms with Crippen molar-refractivity contribution in [3.05, 3.63) is 70.2 Å². The van der Waals surface area contributed by atoms with Crippen molar-refractivity contribution in [2.75, 3.05) is 0 Å². The van der Waals surface area contributed by atoms with Gasteiger partial charge in [-0.25, -0.2) is 13.1 Å². The molecule has 0 heterocycles. The first kappa shape index (κ1) is 19.4. The molecule has 0 saturated heterocycles. The third-order valence-corrected chi connectivity index (χ3v) is 5.20. The molecule has 5 nitrogen and oxygen atoms in total. The van der Waals surface area contributed by atoms with Crippen molar-refractivity contribution in [1.82, 2.24) is 10.0 Å². The number of carbonyl (C=O) groups excluding carboxylic acids is 1. The Balaban J connectivity index is 2.08. The maximum absolute atomic E-state index is 12.2. The van der Waals surface area contributed by atoms with Crippen molar-refractivity contribution >= 4 is 27.5 Å². The van der Waals surface area contributed by atoms with Gasteiger partial charge in [-0.3, -0.25) is 4.79 Å². The summed E-state index contributed by atoms with van der Waals surface area (Å²) in [5, 5.41) is 3.36. The summed E-state index contributed by atoms with van der Waals surface area (Å²) in [5.74, 6) is -0.368. The van der Waals surface area contributed by atoms with E-state index in [9.17, 15) is 13.2 Å².